The van der Waals surface area contributed by atoms with Gasteiger partial charge < -0.3 is 9.47 Å². The molecule has 4 rings (SSSR count). The van der Waals surface area contributed by atoms with Crippen LogP contribution < -0.4 is 14.2 Å². The van der Waals surface area contributed by atoms with Crippen molar-refractivity contribution in [2.24, 2.45) is 5.14 Å². The van der Waals surface area contributed by atoms with Crippen molar-refractivity contribution in [1.29, 1.82) is 0 Å². The minimum Gasteiger partial charge on any atom is -0.497 e. The summed E-state index contributed by atoms with van der Waals surface area (Å²) in [6.07, 6.45) is 1.85. The number of morpholine rings is 1. The van der Waals surface area contributed by atoms with E-state index >= 15 is 0 Å². The normalized spacial score (nSPS) is 24.5. The number of allylic oxidation sites excluding steroid dienone is 2. The Morgan fingerprint density at radius 2 is 2.03 bits per heavy atom. The monoisotopic (exact) mass is 473 g/mol. The summed E-state index contributed by atoms with van der Waals surface area (Å²) in [7, 11) is -6.37. The van der Waals surface area contributed by atoms with Crippen LogP contribution in [-0.2, 0) is 24.8 Å². The second-order valence-corrected chi connectivity index (χ2v) is 12.4. The molecule has 30 heavy (non-hydrogen) atoms. The molecule has 3 aliphatic rings. The first-order valence-electron chi connectivity index (χ1n) is 9.31. The number of rotatable bonds is 5. The average molecular weight is 474 g/mol. The Morgan fingerprint density at radius 3 is 2.70 bits per heavy atom. The van der Waals surface area contributed by atoms with Gasteiger partial charge in [-0.1, -0.05) is 17.8 Å². The van der Waals surface area contributed by atoms with E-state index in [1.54, 1.807) is 30.3 Å². The van der Waals surface area contributed by atoms with Gasteiger partial charge >= 0.3 is 0 Å². The lowest BCUT2D eigenvalue weighted by atomic mass is 10.1. The number of methoxy groups -OCH3 is 1. The van der Waals surface area contributed by atoms with Crippen LogP contribution in [0.1, 0.15) is 6.42 Å². The van der Waals surface area contributed by atoms with E-state index in [1.807, 2.05) is 0 Å². The van der Waals surface area contributed by atoms with E-state index in [2.05, 4.69) is 4.90 Å². The smallest absolute Gasteiger partial charge is 0.274 e. The zero-order chi connectivity index (χ0) is 21.5. The fourth-order valence-electron chi connectivity index (χ4n) is 3.66. The van der Waals surface area contributed by atoms with Crippen molar-refractivity contribution in [2.75, 3.05) is 44.3 Å². The molecule has 164 valence electrons. The molecule has 1 aromatic carbocycles. The molecule has 1 fully saturated rings. The number of thioether (sulfide) groups is 1. The van der Waals surface area contributed by atoms with Crippen LogP contribution >= 0.6 is 11.8 Å². The van der Waals surface area contributed by atoms with Crippen LogP contribution in [0.25, 0.3) is 0 Å². The highest BCUT2D eigenvalue weighted by atomic mass is 32.3. The Kier molecular flexibility index (Phi) is 5.90. The largest absolute Gasteiger partial charge is 0.497 e. The van der Waals surface area contributed by atoms with Crippen LogP contribution in [0.4, 0.5) is 5.69 Å². The standard InChI is InChI=1S/C18H23N3O6S3/c1-26-16-4-2-3-14(11-16)21-15(12-20-5-7-27-8-6-20)9-13-10-17(29(19,22)23)28-18(13)30(21,24)25/h2-4,9,11,17H,5-8,10,12H2,1H3,(H2,19,22,23). The van der Waals surface area contributed by atoms with E-state index in [1.165, 1.54) is 11.4 Å². The van der Waals surface area contributed by atoms with Crippen molar-refractivity contribution < 1.29 is 26.3 Å². The van der Waals surface area contributed by atoms with Crippen LogP contribution in [0.5, 0.6) is 5.75 Å². The van der Waals surface area contributed by atoms with E-state index in [9.17, 15) is 16.8 Å². The highest BCUT2D eigenvalue weighted by Crippen LogP contribution is 2.49. The Hall–Kier alpha value is -1.57. The predicted octanol–water partition coefficient (Wildman–Crippen LogP) is 1.02. The van der Waals surface area contributed by atoms with Crippen LogP contribution in [0.15, 0.2) is 45.8 Å². The maximum Gasteiger partial charge on any atom is 0.274 e. The minimum atomic E-state index is -4.00. The molecule has 9 nitrogen and oxygen atoms in total. The van der Waals surface area contributed by atoms with Crippen molar-refractivity contribution in [3.8, 4) is 5.75 Å². The third-order valence-corrected chi connectivity index (χ3v) is 10.6. The Bertz CT molecular complexity index is 1110. The lowest BCUT2D eigenvalue weighted by molar-refractivity contribution is 0.0422. The molecule has 12 heteroatoms. The first kappa shape index (κ1) is 21.7. The first-order valence-corrected chi connectivity index (χ1v) is 13.2. The van der Waals surface area contributed by atoms with Gasteiger partial charge in [-0.25, -0.2) is 26.3 Å². The van der Waals surface area contributed by atoms with Gasteiger partial charge in [0.25, 0.3) is 10.0 Å². The maximum absolute atomic E-state index is 13.6. The number of hydrogen-bond acceptors (Lipinski definition) is 8. The Balaban J connectivity index is 1.77. The lowest BCUT2D eigenvalue weighted by Crippen LogP contribution is -2.43. The van der Waals surface area contributed by atoms with Crippen LogP contribution in [0, 0.1) is 0 Å². The summed E-state index contributed by atoms with van der Waals surface area (Å²) in [5.74, 6) is 0.523. The number of hydrogen-bond donors (Lipinski definition) is 1. The molecule has 3 heterocycles. The molecule has 0 aromatic heterocycles. The number of nitrogens with zero attached hydrogens (tertiary/aromatic N) is 2. The molecule has 0 aliphatic carbocycles. The number of benzene rings is 1. The number of ether oxygens (including phenoxy) is 2. The number of sulfonamides is 2. The van der Waals surface area contributed by atoms with E-state index in [-0.39, 0.29) is 10.7 Å². The van der Waals surface area contributed by atoms with Gasteiger partial charge in [0.15, 0.2) is 0 Å². The summed E-state index contributed by atoms with van der Waals surface area (Å²) < 4.78 is 61.9. The molecule has 1 atom stereocenters. The molecule has 3 aliphatic heterocycles. The van der Waals surface area contributed by atoms with Gasteiger partial charge in [-0.05, 0) is 23.8 Å². The maximum atomic E-state index is 13.6. The van der Waals surface area contributed by atoms with Crippen molar-refractivity contribution in [3.63, 3.8) is 0 Å². The second kappa shape index (κ2) is 8.17. The van der Waals surface area contributed by atoms with Crippen LogP contribution in [0.2, 0.25) is 0 Å². The molecule has 1 aromatic rings. The zero-order valence-electron chi connectivity index (χ0n) is 16.4. The van der Waals surface area contributed by atoms with Crippen molar-refractivity contribution in [2.45, 2.75) is 11.0 Å². The summed E-state index contributed by atoms with van der Waals surface area (Å²) in [5.41, 5.74) is 1.47. The van der Waals surface area contributed by atoms with Gasteiger partial charge in [0, 0.05) is 37.8 Å². The van der Waals surface area contributed by atoms with Gasteiger partial charge in [0.05, 0.1) is 26.0 Å². The SMILES string of the molecule is COc1cccc(N2C(CN3CCOCC3)=CC3=C(SC(S(N)(=O)=O)C3)S2(=O)=O)c1. The Labute approximate surface area is 180 Å². The molecule has 0 amide bonds. The van der Waals surface area contributed by atoms with Gasteiger partial charge in [0.1, 0.15) is 14.6 Å². The number of anilines is 1. The van der Waals surface area contributed by atoms with Crippen molar-refractivity contribution in [3.05, 3.63) is 45.8 Å². The molecule has 0 bridgehead atoms. The van der Waals surface area contributed by atoms with E-state index in [0.717, 1.165) is 11.8 Å². The fraction of sp³-hybridized carbons (Fsp3) is 0.444. The summed E-state index contributed by atoms with van der Waals surface area (Å²) in [4.78, 5) is 2.11. The molecule has 1 saturated heterocycles. The topological polar surface area (TPSA) is 119 Å². The average Bonchev–Trinajstić information content (AvgIpc) is 3.14. The van der Waals surface area contributed by atoms with E-state index in [4.69, 9.17) is 14.6 Å². The molecule has 0 radical (unpaired) electrons. The summed E-state index contributed by atoms with van der Waals surface area (Å²) in [6.45, 7) is 2.92. The summed E-state index contributed by atoms with van der Waals surface area (Å²) in [6, 6.07) is 6.79. The van der Waals surface area contributed by atoms with Crippen molar-refractivity contribution >= 4 is 37.5 Å². The van der Waals surface area contributed by atoms with Gasteiger partial charge in [-0.3, -0.25) is 4.90 Å². The molecular formula is C18H23N3O6S3. The number of nitrogens with two attached hydrogens (primary N) is 1. The summed E-state index contributed by atoms with van der Waals surface area (Å²) >= 11 is 0.793. The van der Waals surface area contributed by atoms with Crippen LogP contribution in [0.3, 0.4) is 0 Å². The summed E-state index contributed by atoms with van der Waals surface area (Å²) in [5, 5.41) is 5.31. The van der Waals surface area contributed by atoms with Gasteiger partial charge in [-0.2, -0.15) is 0 Å². The third-order valence-electron chi connectivity index (χ3n) is 5.11. The van der Waals surface area contributed by atoms with Gasteiger partial charge in [0.2, 0.25) is 10.0 Å². The molecular weight excluding hydrogens is 450 g/mol. The van der Waals surface area contributed by atoms with E-state index in [0.29, 0.717) is 55.6 Å². The second-order valence-electron chi connectivity index (χ2n) is 7.15. The molecule has 1 unspecified atom stereocenters. The molecule has 0 saturated carbocycles. The molecule has 2 N–H and O–H groups in total. The lowest BCUT2D eigenvalue weighted by Gasteiger charge is -2.35. The third kappa shape index (κ3) is 4.12. The zero-order valence-corrected chi connectivity index (χ0v) is 18.8. The minimum absolute atomic E-state index is 0.0371. The number of primary sulfonamides is 1. The Morgan fingerprint density at radius 1 is 1.30 bits per heavy atom. The fourth-order valence-corrected chi connectivity index (χ4v) is 8.39. The van der Waals surface area contributed by atoms with E-state index < -0.39 is 24.6 Å². The predicted molar refractivity (Wildman–Crippen MR) is 116 cm³/mol. The molecule has 0 spiro atoms. The highest BCUT2D eigenvalue weighted by molar-refractivity contribution is 8.24. The first-order chi connectivity index (χ1) is 14.2. The van der Waals surface area contributed by atoms with Gasteiger partial charge in [-0.15, -0.1) is 0 Å². The highest BCUT2D eigenvalue weighted by Gasteiger charge is 2.44. The van der Waals surface area contributed by atoms with Crippen LogP contribution in [-0.4, -0.2) is 66.3 Å². The quantitative estimate of drug-likeness (QED) is 0.673. The van der Waals surface area contributed by atoms with Crippen molar-refractivity contribution in [1.82, 2.24) is 4.90 Å².